The molecule has 6 atom stereocenters. The first-order valence-corrected chi connectivity index (χ1v) is 15.7. The molecule has 0 spiro atoms. The smallest absolute Gasteiger partial charge is 0.407 e. The summed E-state index contributed by atoms with van der Waals surface area (Å²) in [4.78, 5) is 64.8. The van der Waals surface area contributed by atoms with Crippen LogP contribution in [-0.2, 0) is 19.1 Å². The molecular formula is C31H46N6O7. The Balaban J connectivity index is 0.000000180. The minimum Gasteiger partial charge on any atom is -0.504 e. The highest BCUT2D eigenvalue weighted by molar-refractivity contribution is 5.93. The number of ether oxygens (including phenoxy) is 1. The molecule has 4 amide bonds. The van der Waals surface area contributed by atoms with Crippen molar-refractivity contribution < 1.29 is 29.0 Å². The Morgan fingerprint density at radius 2 is 1.68 bits per heavy atom. The number of likely N-dealkylation sites (tertiary alicyclic amines) is 2. The number of nitrogens with zero attached hydrogens (tertiary/aromatic N) is 4. The number of alkyl carbamates (subject to hydrolysis) is 1. The Kier molecular flexibility index (Phi) is 11.1. The van der Waals surface area contributed by atoms with Gasteiger partial charge in [0, 0.05) is 32.8 Å². The molecule has 0 bridgehead atoms. The van der Waals surface area contributed by atoms with E-state index in [-0.39, 0.29) is 61.1 Å². The third kappa shape index (κ3) is 8.44. The lowest BCUT2D eigenvalue weighted by Gasteiger charge is -2.56. The van der Waals surface area contributed by atoms with Crippen molar-refractivity contribution >= 4 is 29.6 Å². The van der Waals surface area contributed by atoms with Gasteiger partial charge < -0.3 is 30.3 Å². The summed E-state index contributed by atoms with van der Waals surface area (Å²) in [6.07, 6.45) is 6.10. The molecule has 44 heavy (non-hydrogen) atoms. The van der Waals surface area contributed by atoms with Crippen molar-refractivity contribution in [2.75, 3.05) is 38.0 Å². The first kappa shape index (κ1) is 33.1. The molecule has 13 nitrogen and oxygen atoms in total. The summed E-state index contributed by atoms with van der Waals surface area (Å²) in [7, 11) is 0. The van der Waals surface area contributed by atoms with Crippen molar-refractivity contribution in [3.63, 3.8) is 0 Å². The van der Waals surface area contributed by atoms with Crippen LogP contribution >= 0.6 is 0 Å². The number of aromatic nitrogens is 1. The van der Waals surface area contributed by atoms with E-state index < -0.39 is 12.0 Å². The molecule has 3 saturated carbocycles. The standard InChI is InChI=1S/C14H20N2O3.C13H16N4O4.C4H10/c17-13(5-15-14(18)19-8-1-2-8)16-6-11-9-3-4-10(9)12(11)7-16;1-8(18)17-7-9(5-10(17)6-15-21)13(20)16-12-11(19)3-2-4-14-12;1-4(2)3/h8-12H,1-7H2,(H,15,18);2-4,9-10,19H,5-7H2,1H3,(H,14,16,20);4H,1-3H3/t9-,10?,11?,12?;;/m1../s1. The SMILES string of the molecule is CC(=O)N1CC(C(=O)Nc2ncccc2O)CC1CN=O.CC(C)C.O=C(NCC(=O)N1CC2C3CC[C@H]3C2C1)OC1CC1. The summed E-state index contributed by atoms with van der Waals surface area (Å²) in [6.45, 7) is 9.99. The molecule has 3 N–H and O–H groups in total. The van der Waals surface area contributed by atoms with Gasteiger partial charge >= 0.3 is 6.09 Å². The van der Waals surface area contributed by atoms with E-state index in [1.165, 1.54) is 36.9 Å². The van der Waals surface area contributed by atoms with Gasteiger partial charge in [-0.3, -0.25) is 14.4 Å². The number of amides is 4. The summed E-state index contributed by atoms with van der Waals surface area (Å²) in [5, 5.41) is 17.5. The fraction of sp³-hybridized carbons (Fsp3) is 0.710. The summed E-state index contributed by atoms with van der Waals surface area (Å²) < 4.78 is 5.05. The zero-order chi connectivity index (χ0) is 32.0. The monoisotopic (exact) mass is 614 g/mol. The van der Waals surface area contributed by atoms with Crippen LogP contribution in [0.5, 0.6) is 5.75 Å². The maximum Gasteiger partial charge on any atom is 0.407 e. The molecule has 2 aliphatic heterocycles. The number of nitrogens with one attached hydrogen (secondary N) is 2. The molecule has 5 fully saturated rings. The molecule has 3 heterocycles. The van der Waals surface area contributed by atoms with E-state index in [2.05, 4.69) is 41.6 Å². The van der Waals surface area contributed by atoms with Crippen molar-refractivity contribution in [1.29, 1.82) is 0 Å². The number of anilines is 1. The topological polar surface area (TPSA) is 171 Å². The van der Waals surface area contributed by atoms with Crippen LogP contribution in [0.4, 0.5) is 10.6 Å². The van der Waals surface area contributed by atoms with Crippen LogP contribution in [0.3, 0.4) is 0 Å². The van der Waals surface area contributed by atoms with Gasteiger partial charge in [0.25, 0.3) is 0 Å². The first-order valence-electron chi connectivity index (χ1n) is 15.7. The molecule has 3 aliphatic carbocycles. The number of hydrogen-bond donors (Lipinski definition) is 3. The highest BCUT2D eigenvalue weighted by Crippen LogP contribution is 2.60. The summed E-state index contributed by atoms with van der Waals surface area (Å²) in [6, 6.07) is 2.61. The van der Waals surface area contributed by atoms with Crippen LogP contribution in [0.15, 0.2) is 23.5 Å². The van der Waals surface area contributed by atoms with E-state index in [0.717, 1.165) is 55.5 Å². The minimum atomic E-state index is -0.456. The fourth-order valence-electron chi connectivity index (χ4n) is 6.53. The number of carbonyl (C=O) groups is 4. The number of fused-ring (bicyclic) bond motifs is 4. The first-order chi connectivity index (χ1) is 21.0. The molecule has 5 unspecified atom stereocenters. The summed E-state index contributed by atoms with van der Waals surface area (Å²) in [5.74, 6) is 3.13. The van der Waals surface area contributed by atoms with E-state index in [4.69, 9.17) is 4.74 Å². The summed E-state index contributed by atoms with van der Waals surface area (Å²) >= 11 is 0. The van der Waals surface area contributed by atoms with E-state index in [9.17, 15) is 29.2 Å². The predicted octanol–water partition coefficient (Wildman–Crippen LogP) is 3.38. The van der Waals surface area contributed by atoms with Crippen molar-refractivity contribution in [2.24, 2.45) is 40.7 Å². The maximum absolute atomic E-state index is 12.2. The van der Waals surface area contributed by atoms with Crippen LogP contribution in [0, 0.1) is 40.4 Å². The van der Waals surface area contributed by atoms with Crippen LogP contribution in [0.2, 0.25) is 0 Å². The Labute approximate surface area is 258 Å². The van der Waals surface area contributed by atoms with Crippen molar-refractivity contribution in [2.45, 2.75) is 71.9 Å². The maximum atomic E-state index is 12.2. The van der Waals surface area contributed by atoms with Gasteiger partial charge in [0.05, 0.1) is 12.0 Å². The van der Waals surface area contributed by atoms with Crippen LogP contribution in [-0.4, -0.2) is 88.6 Å². The van der Waals surface area contributed by atoms with Crippen molar-refractivity contribution in [1.82, 2.24) is 20.1 Å². The third-order valence-electron chi connectivity index (χ3n) is 8.93. The molecular weight excluding hydrogens is 568 g/mol. The molecule has 1 aromatic heterocycles. The van der Waals surface area contributed by atoms with Gasteiger partial charge in [-0.15, -0.1) is 0 Å². The fourth-order valence-corrected chi connectivity index (χ4v) is 6.53. The second-order valence-corrected chi connectivity index (χ2v) is 13.2. The second-order valence-electron chi connectivity index (χ2n) is 13.2. The van der Waals surface area contributed by atoms with E-state index in [0.29, 0.717) is 6.42 Å². The Morgan fingerprint density at radius 1 is 1.05 bits per heavy atom. The van der Waals surface area contributed by atoms with Crippen molar-refractivity contribution in [3.05, 3.63) is 23.2 Å². The molecule has 0 aromatic carbocycles. The van der Waals surface area contributed by atoms with E-state index in [1.54, 1.807) is 6.07 Å². The third-order valence-corrected chi connectivity index (χ3v) is 8.93. The molecule has 13 heteroatoms. The number of rotatable bonds is 7. The number of hydrogen-bond acceptors (Lipinski definition) is 9. The number of nitroso groups, excluding NO2 is 1. The lowest BCUT2D eigenvalue weighted by Crippen LogP contribution is -2.52. The number of pyridine rings is 1. The largest absolute Gasteiger partial charge is 0.504 e. The minimum absolute atomic E-state index is 0.0296. The Bertz CT molecular complexity index is 1190. The Morgan fingerprint density at radius 3 is 2.20 bits per heavy atom. The second kappa shape index (κ2) is 14.8. The number of carbonyl (C=O) groups excluding carboxylic acids is 4. The zero-order valence-electron chi connectivity index (χ0n) is 26.1. The van der Waals surface area contributed by atoms with Gasteiger partial charge in [0.15, 0.2) is 11.6 Å². The number of aromatic hydroxyl groups is 1. The molecule has 2 saturated heterocycles. The zero-order valence-corrected chi connectivity index (χ0v) is 26.1. The quantitative estimate of drug-likeness (QED) is 0.393. The van der Waals surface area contributed by atoms with Gasteiger partial charge in [-0.25, -0.2) is 9.78 Å². The average molecular weight is 615 g/mol. The highest BCUT2D eigenvalue weighted by atomic mass is 16.6. The molecule has 242 valence electrons. The Hall–Kier alpha value is -3.77. The van der Waals surface area contributed by atoms with Crippen LogP contribution < -0.4 is 10.6 Å². The van der Waals surface area contributed by atoms with Gasteiger partial charge in [-0.2, -0.15) is 4.91 Å². The molecule has 5 aliphatic rings. The van der Waals surface area contributed by atoms with E-state index in [1.807, 2.05) is 4.90 Å². The molecule has 0 radical (unpaired) electrons. The van der Waals surface area contributed by atoms with Gasteiger partial charge in [0.2, 0.25) is 17.7 Å². The normalized spacial score (nSPS) is 27.6. The van der Waals surface area contributed by atoms with E-state index >= 15 is 0 Å². The van der Waals surface area contributed by atoms with Gasteiger partial charge in [-0.05, 0) is 73.8 Å². The predicted molar refractivity (Wildman–Crippen MR) is 162 cm³/mol. The average Bonchev–Trinajstić information content (AvgIpc) is 3.52. The van der Waals surface area contributed by atoms with Crippen LogP contribution in [0.25, 0.3) is 0 Å². The van der Waals surface area contributed by atoms with Crippen molar-refractivity contribution in [3.8, 4) is 5.75 Å². The van der Waals surface area contributed by atoms with Crippen LogP contribution in [0.1, 0.15) is 59.8 Å². The lowest BCUT2D eigenvalue weighted by molar-refractivity contribution is -0.130. The molecule has 1 aromatic rings. The van der Waals surface area contributed by atoms with Gasteiger partial charge in [-0.1, -0.05) is 25.9 Å². The highest BCUT2D eigenvalue weighted by Gasteiger charge is 2.59. The van der Waals surface area contributed by atoms with Gasteiger partial charge in [0.1, 0.15) is 19.2 Å². The summed E-state index contributed by atoms with van der Waals surface area (Å²) in [5.41, 5.74) is 0. The molecule has 6 rings (SSSR count). The lowest BCUT2D eigenvalue weighted by atomic mass is 9.48.